The predicted octanol–water partition coefficient (Wildman–Crippen LogP) is 3.91. The molecule has 0 aliphatic heterocycles. The van der Waals surface area contributed by atoms with Crippen molar-refractivity contribution in [3.63, 3.8) is 0 Å². The molecular formula is C14H35NOSi2. The summed E-state index contributed by atoms with van der Waals surface area (Å²) in [5.41, 5.74) is 5.67. The van der Waals surface area contributed by atoms with Crippen LogP contribution in [0.15, 0.2) is 0 Å². The monoisotopic (exact) mass is 289 g/mol. The second-order valence-electron chi connectivity index (χ2n) is 8.45. The fourth-order valence-corrected chi connectivity index (χ4v) is 7.88. The predicted molar refractivity (Wildman–Crippen MR) is 88.8 cm³/mol. The van der Waals surface area contributed by atoms with Crippen LogP contribution in [0, 0.1) is 0 Å². The average Bonchev–Trinajstić information content (AvgIpc) is 1.93. The Morgan fingerprint density at radius 2 is 1.39 bits per heavy atom. The third-order valence-electron chi connectivity index (χ3n) is 3.02. The first-order chi connectivity index (χ1) is 7.87. The molecule has 0 unspecified atom stereocenters. The van der Waals surface area contributed by atoms with Crippen LogP contribution in [0.4, 0.5) is 0 Å². The van der Waals surface area contributed by atoms with Gasteiger partial charge in [-0.25, -0.2) is 0 Å². The standard InChI is InChI=1S/C14H35NOSi2/c1-8-9-13(15)10-14(16,11-17(2,3)4)12-18(5,6)7/h13,16H,8-12,15H2,1-7H3/t13-/m0/s1. The van der Waals surface area contributed by atoms with Crippen LogP contribution in [-0.4, -0.2) is 32.9 Å². The molecule has 0 rings (SSSR count). The Morgan fingerprint density at radius 3 is 1.67 bits per heavy atom. The molecular weight excluding hydrogens is 254 g/mol. The third kappa shape index (κ3) is 9.31. The lowest BCUT2D eigenvalue weighted by molar-refractivity contribution is 0.0599. The van der Waals surface area contributed by atoms with E-state index in [1.807, 2.05) is 0 Å². The topological polar surface area (TPSA) is 46.2 Å². The fourth-order valence-electron chi connectivity index (χ4n) is 3.14. The third-order valence-corrected chi connectivity index (χ3v) is 6.46. The van der Waals surface area contributed by atoms with Gasteiger partial charge in [0.15, 0.2) is 0 Å². The van der Waals surface area contributed by atoms with Crippen molar-refractivity contribution in [1.29, 1.82) is 0 Å². The maximum Gasteiger partial charge on any atom is 0.0616 e. The van der Waals surface area contributed by atoms with Crippen molar-refractivity contribution >= 4 is 16.1 Å². The van der Waals surface area contributed by atoms with Crippen LogP contribution in [0.2, 0.25) is 51.4 Å². The van der Waals surface area contributed by atoms with Gasteiger partial charge in [0.25, 0.3) is 0 Å². The summed E-state index contributed by atoms with van der Waals surface area (Å²) in [5, 5.41) is 11.1. The summed E-state index contributed by atoms with van der Waals surface area (Å²) >= 11 is 0. The molecule has 0 amide bonds. The SMILES string of the molecule is CCC[C@H](N)CC(O)(C[Si](C)(C)C)C[Si](C)(C)C. The molecule has 2 nitrogen and oxygen atoms in total. The molecule has 0 saturated carbocycles. The summed E-state index contributed by atoms with van der Waals surface area (Å²) < 4.78 is 0. The molecule has 0 aromatic rings. The fraction of sp³-hybridized carbons (Fsp3) is 1.00. The molecule has 0 aromatic carbocycles. The van der Waals surface area contributed by atoms with Crippen molar-refractivity contribution < 1.29 is 5.11 Å². The lowest BCUT2D eigenvalue weighted by atomic mass is 9.96. The van der Waals surface area contributed by atoms with E-state index in [9.17, 15) is 5.11 Å². The molecule has 0 fully saturated rings. The number of hydrogen-bond acceptors (Lipinski definition) is 2. The van der Waals surface area contributed by atoms with E-state index in [4.69, 9.17) is 5.73 Å². The van der Waals surface area contributed by atoms with Crippen LogP contribution >= 0.6 is 0 Å². The average molecular weight is 290 g/mol. The molecule has 0 radical (unpaired) electrons. The van der Waals surface area contributed by atoms with Gasteiger partial charge in [0.05, 0.1) is 5.60 Å². The second-order valence-corrected chi connectivity index (χ2v) is 19.4. The Labute approximate surface area is 116 Å². The molecule has 0 bridgehead atoms. The Bertz CT molecular complexity index is 227. The number of aliphatic hydroxyl groups is 1. The van der Waals surface area contributed by atoms with E-state index in [1.54, 1.807) is 0 Å². The normalized spacial score (nSPS) is 15.8. The zero-order chi connectivity index (χ0) is 14.6. The van der Waals surface area contributed by atoms with Gasteiger partial charge in [-0.15, -0.1) is 0 Å². The minimum absolute atomic E-state index is 0.160. The van der Waals surface area contributed by atoms with Crippen molar-refractivity contribution in [1.82, 2.24) is 0 Å². The van der Waals surface area contributed by atoms with Crippen LogP contribution in [0.1, 0.15) is 26.2 Å². The summed E-state index contributed by atoms with van der Waals surface area (Å²) in [6, 6.07) is 2.14. The molecule has 110 valence electrons. The van der Waals surface area contributed by atoms with Gasteiger partial charge in [0.2, 0.25) is 0 Å². The van der Waals surface area contributed by atoms with E-state index in [0.717, 1.165) is 31.4 Å². The summed E-state index contributed by atoms with van der Waals surface area (Å²) in [6.07, 6.45) is 2.92. The van der Waals surface area contributed by atoms with Crippen LogP contribution in [0.5, 0.6) is 0 Å². The molecule has 3 N–H and O–H groups in total. The number of nitrogens with two attached hydrogens (primary N) is 1. The highest BCUT2D eigenvalue weighted by molar-refractivity contribution is 6.78. The Kier molecular flexibility index (Phi) is 6.81. The van der Waals surface area contributed by atoms with Gasteiger partial charge in [-0.2, -0.15) is 0 Å². The summed E-state index contributed by atoms with van der Waals surface area (Å²) in [5.74, 6) is 0. The molecule has 1 atom stereocenters. The lowest BCUT2D eigenvalue weighted by Crippen LogP contribution is -2.46. The summed E-state index contributed by atoms with van der Waals surface area (Å²) in [4.78, 5) is 0. The molecule has 0 spiro atoms. The minimum atomic E-state index is -1.27. The van der Waals surface area contributed by atoms with E-state index in [0.29, 0.717) is 0 Å². The van der Waals surface area contributed by atoms with Crippen LogP contribution in [-0.2, 0) is 0 Å². The molecule has 0 saturated heterocycles. The smallest absolute Gasteiger partial charge is 0.0616 e. The van der Waals surface area contributed by atoms with Crippen molar-refractivity contribution in [2.75, 3.05) is 0 Å². The quantitative estimate of drug-likeness (QED) is 0.665. The maximum atomic E-state index is 11.1. The van der Waals surface area contributed by atoms with Crippen molar-refractivity contribution in [3.8, 4) is 0 Å². The maximum absolute atomic E-state index is 11.1. The van der Waals surface area contributed by atoms with Gasteiger partial charge in [0, 0.05) is 22.2 Å². The second kappa shape index (κ2) is 6.68. The largest absolute Gasteiger partial charge is 0.390 e. The van der Waals surface area contributed by atoms with E-state index < -0.39 is 21.7 Å². The van der Waals surface area contributed by atoms with Crippen molar-refractivity contribution in [2.24, 2.45) is 5.73 Å². The molecule has 0 aliphatic rings. The minimum Gasteiger partial charge on any atom is -0.390 e. The van der Waals surface area contributed by atoms with Crippen LogP contribution in [0.25, 0.3) is 0 Å². The van der Waals surface area contributed by atoms with E-state index >= 15 is 0 Å². The van der Waals surface area contributed by atoms with Crippen LogP contribution in [0.3, 0.4) is 0 Å². The van der Waals surface area contributed by atoms with Gasteiger partial charge in [-0.05, 0) is 24.9 Å². The highest BCUT2D eigenvalue weighted by atomic mass is 28.3. The van der Waals surface area contributed by atoms with Crippen molar-refractivity contribution in [3.05, 3.63) is 0 Å². The van der Waals surface area contributed by atoms with Crippen LogP contribution < -0.4 is 5.73 Å². The molecule has 18 heavy (non-hydrogen) atoms. The Morgan fingerprint density at radius 1 is 1.00 bits per heavy atom. The first-order valence-corrected chi connectivity index (χ1v) is 14.8. The number of rotatable bonds is 8. The summed E-state index contributed by atoms with van der Waals surface area (Å²) in [6.45, 7) is 16.2. The highest BCUT2D eigenvalue weighted by Gasteiger charge is 2.38. The van der Waals surface area contributed by atoms with E-state index in [2.05, 4.69) is 46.2 Å². The van der Waals surface area contributed by atoms with Gasteiger partial charge in [0.1, 0.15) is 0 Å². The first-order valence-electron chi connectivity index (χ1n) is 7.35. The zero-order valence-electron chi connectivity index (χ0n) is 13.6. The molecule has 0 heterocycles. The van der Waals surface area contributed by atoms with E-state index in [1.165, 1.54) is 0 Å². The summed E-state index contributed by atoms with van der Waals surface area (Å²) in [7, 11) is -2.53. The Balaban J connectivity index is 4.80. The van der Waals surface area contributed by atoms with Gasteiger partial charge in [-0.1, -0.05) is 52.6 Å². The van der Waals surface area contributed by atoms with Crippen molar-refractivity contribution in [2.45, 2.75) is 89.2 Å². The highest BCUT2D eigenvalue weighted by Crippen LogP contribution is 2.33. The molecule has 0 aromatic heterocycles. The number of hydrogen-bond donors (Lipinski definition) is 2. The first kappa shape index (κ1) is 18.4. The van der Waals surface area contributed by atoms with Gasteiger partial charge >= 0.3 is 0 Å². The molecule has 4 heteroatoms. The Hall–Kier alpha value is 0.354. The van der Waals surface area contributed by atoms with E-state index in [-0.39, 0.29) is 6.04 Å². The van der Waals surface area contributed by atoms with Gasteiger partial charge in [-0.3, -0.25) is 0 Å². The van der Waals surface area contributed by atoms with Gasteiger partial charge < -0.3 is 10.8 Å². The zero-order valence-corrected chi connectivity index (χ0v) is 15.6. The molecule has 0 aliphatic carbocycles. The lowest BCUT2D eigenvalue weighted by Gasteiger charge is -2.39.